The molecular weight excluding hydrogens is 242 g/mol. The van der Waals surface area contributed by atoms with E-state index in [0.717, 1.165) is 22.2 Å². The first-order valence-electron chi connectivity index (χ1n) is 6.53. The van der Waals surface area contributed by atoms with Crippen LogP contribution in [-0.2, 0) is 0 Å². The lowest BCUT2D eigenvalue weighted by Gasteiger charge is -2.12. The minimum atomic E-state index is 0.775. The predicted octanol–water partition coefficient (Wildman–Crippen LogP) is 3.89. The monoisotopic (exact) mass is 261 g/mol. The lowest BCUT2D eigenvalue weighted by Crippen LogP contribution is -2.18. The van der Waals surface area contributed by atoms with Gasteiger partial charge < -0.3 is 5.43 Å². The molecule has 2 heterocycles. The molecule has 0 aromatic carbocycles. The highest BCUT2D eigenvalue weighted by Crippen LogP contribution is 2.10. The third kappa shape index (κ3) is 3.07. The first-order valence-corrected chi connectivity index (χ1v) is 6.94. The molecule has 0 unspecified atom stereocenters. The molecule has 0 aliphatic heterocycles. The number of unbranched alkanes of at least 4 members (excludes halogenated alkanes) is 3. The molecule has 0 saturated heterocycles. The molecule has 0 aliphatic carbocycles. The van der Waals surface area contributed by atoms with E-state index in [1.54, 1.807) is 6.20 Å². The molecule has 1 N–H and O–H groups in total. The summed E-state index contributed by atoms with van der Waals surface area (Å²) >= 11 is 5.34. The fourth-order valence-electron chi connectivity index (χ4n) is 1.96. The number of nitrogens with one attached hydrogen (secondary N) is 1. The Morgan fingerprint density at radius 1 is 1.22 bits per heavy atom. The van der Waals surface area contributed by atoms with Crippen LogP contribution in [0.3, 0.4) is 0 Å². The molecule has 0 atom stereocenters. The number of fused-ring (bicyclic) bond motifs is 1. The number of rotatable bonds is 6. The summed E-state index contributed by atoms with van der Waals surface area (Å²) in [5, 5.41) is 1.10. The Balaban J connectivity index is 2.12. The Bertz CT molecular complexity index is 562. The molecule has 4 heteroatoms. The highest BCUT2D eigenvalue weighted by molar-refractivity contribution is 7.71. The normalized spacial score (nSPS) is 10.7. The Morgan fingerprint density at radius 3 is 2.94 bits per heavy atom. The summed E-state index contributed by atoms with van der Waals surface area (Å²) < 4.78 is 2.69. The number of hydrogen-bond acceptors (Lipinski definition) is 3. The summed E-state index contributed by atoms with van der Waals surface area (Å²) in [6, 6.07) is 7.95. The van der Waals surface area contributed by atoms with E-state index in [9.17, 15) is 0 Å². The van der Waals surface area contributed by atoms with E-state index in [1.165, 1.54) is 25.7 Å². The van der Waals surface area contributed by atoms with Crippen molar-refractivity contribution in [2.45, 2.75) is 32.6 Å². The largest absolute Gasteiger partial charge is 0.323 e. The van der Waals surface area contributed by atoms with Gasteiger partial charge in [-0.3, -0.25) is 0 Å². The van der Waals surface area contributed by atoms with Crippen LogP contribution in [0.5, 0.6) is 0 Å². The molecule has 0 spiro atoms. The minimum absolute atomic E-state index is 0.775. The zero-order chi connectivity index (χ0) is 12.8. The Labute approximate surface area is 113 Å². The average Bonchev–Trinajstić information content (AvgIpc) is 2.41. The second-order valence-electron chi connectivity index (χ2n) is 4.39. The van der Waals surface area contributed by atoms with Gasteiger partial charge in [-0.15, -0.1) is 0 Å². The Kier molecular flexibility index (Phi) is 4.70. The fraction of sp³-hybridized carbons (Fsp3) is 0.429. The van der Waals surface area contributed by atoms with Crippen molar-refractivity contribution >= 4 is 23.3 Å². The van der Waals surface area contributed by atoms with Gasteiger partial charge in [0.25, 0.3) is 0 Å². The van der Waals surface area contributed by atoms with Crippen molar-refractivity contribution in [3.63, 3.8) is 0 Å². The summed E-state index contributed by atoms with van der Waals surface area (Å²) in [5.41, 5.74) is 4.27. The summed E-state index contributed by atoms with van der Waals surface area (Å²) in [5.74, 6) is 0. The van der Waals surface area contributed by atoms with Crippen molar-refractivity contribution < 1.29 is 0 Å². The third-order valence-electron chi connectivity index (χ3n) is 2.95. The van der Waals surface area contributed by atoms with Crippen LogP contribution in [0.4, 0.5) is 0 Å². The number of nitrogens with zero attached hydrogens (tertiary/aromatic N) is 2. The van der Waals surface area contributed by atoms with E-state index in [0.29, 0.717) is 0 Å². The summed E-state index contributed by atoms with van der Waals surface area (Å²) in [6.07, 6.45) is 6.77. The number of aromatic nitrogens is 2. The maximum Gasteiger partial charge on any atom is 0.159 e. The first kappa shape index (κ1) is 13.0. The molecule has 2 aromatic rings. The Morgan fingerprint density at radius 2 is 2.11 bits per heavy atom. The van der Waals surface area contributed by atoms with Gasteiger partial charge in [-0.1, -0.05) is 38.4 Å². The topological polar surface area (TPSA) is 29.9 Å². The standard InChI is InChI=1S/C14H19N3S/c1-2-3-4-5-11-16-17-13(18)9-8-12-7-6-10-15-14(12)17/h6-10,16H,2-5,11H2,1H3. The zero-order valence-electron chi connectivity index (χ0n) is 10.7. The van der Waals surface area contributed by atoms with Crippen LogP contribution in [0, 0.1) is 4.64 Å². The van der Waals surface area contributed by atoms with Gasteiger partial charge in [0.15, 0.2) is 5.65 Å². The smallest absolute Gasteiger partial charge is 0.159 e. The highest BCUT2D eigenvalue weighted by Gasteiger charge is 2.00. The molecule has 0 saturated carbocycles. The van der Waals surface area contributed by atoms with Crippen LogP contribution in [0.15, 0.2) is 30.5 Å². The second kappa shape index (κ2) is 6.50. The Hall–Kier alpha value is -1.42. The molecule has 96 valence electrons. The van der Waals surface area contributed by atoms with Crippen LogP contribution in [0.2, 0.25) is 0 Å². The van der Waals surface area contributed by atoms with E-state index < -0.39 is 0 Å². The minimum Gasteiger partial charge on any atom is -0.323 e. The van der Waals surface area contributed by atoms with Gasteiger partial charge in [0.1, 0.15) is 4.64 Å². The predicted molar refractivity (Wildman–Crippen MR) is 78.9 cm³/mol. The van der Waals surface area contributed by atoms with Crippen molar-refractivity contribution in [1.82, 2.24) is 9.66 Å². The molecule has 0 bridgehead atoms. The number of pyridine rings is 2. The van der Waals surface area contributed by atoms with Gasteiger partial charge >= 0.3 is 0 Å². The van der Waals surface area contributed by atoms with Crippen LogP contribution >= 0.6 is 12.2 Å². The summed E-state index contributed by atoms with van der Waals surface area (Å²) in [6.45, 7) is 3.15. The maximum absolute atomic E-state index is 5.34. The van der Waals surface area contributed by atoms with Crippen LogP contribution in [-0.4, -0.2) is 16.2 Å². The van der Waals surface area contributed by atoms with E-state index >= 15 is 0 Å². The molecule has 0 radical (unpaired) electrons. The van der Waals surface area contributed by atoms with Crippen molar-refractivity contribution in [1.29, 1.82) is 0 Å². The molecule has 18 heavy (non-hydrogen) atoms. The SMILES string of the molecule is CCCCCCNn1c(=S)ccc2cccnc21. The average molecular weight is 261 g/mol. The van der Waals surface area contributed by atoms with Crippen LogP contribution < -0.4 is 5.43 Å². The number of hydrogen-bond donors (Lipinski definition) is 1. The van der Waals surface area contributed by atoms with Crippen LogP contribution in [0.25, 0.3) is 11.0 Å². The molecule has 0 aliphatic rings. The van der Waals surface area contributed by atoms with Gasteiger partial charge in [-0.25, -0.2) is 9.66 Å². The second-order valence-corrected chi connectivity index (χ2v) is 4.81. The molecule has 2 rings (SSSR count). The van der Waals surface area contributed by atoms with Gasteiger partial charge in [-0.2, -0.15) is 0 Å². The van der Waals surface area contributed by atoms with Crippen molar-refractivity contribution in [3.05, 3.63) is 35.1 Å². The summed E-state index contributed by atoms with van der Waals surface area (Å²) in [4.78, 5) is 4.39. The van der Waals surface area contributed by atoms with E-state index in [2.05, 4.69) is 17.3 Å². The lowest BCUT2D eigenvalue weighted by molar-refractivity contribution is 0.662. The maximum atomic E-state index is 5.34. The van der Waals surface area contributed by atoms with Crippen molar-refractivity contribution in [2.75, 3.05) is 12.0 Å². The van der Waals surface area contributed by atoms with Crippen molar-refractivity contribution in [3.8, 4) is 0 Å². The summed E-state index contributed by atoms with van der Waals surface area (Å²) in [7, 11) is 0. The van der Waals surface area contributed by atoms with Gasteiger partial charge in [0.2, 0.25) is 0 Å². The molecule has 3 nitrogen and oxygen atoms in total. The highest BCUT2D eigenvalue weighted by atomic mass is 32.1. The van der Waals surface area contributed by atoms with E-state index in [4.69, 9.17) is 12.2 Å². The van der Waals surface area contributed by atoms with Gasteiger partial charge in [0.05, 0.1) is 0 Å². The fourth-order valence-corrected chi connectivity index (χ4v) is 2.18. The van der Waals surface area contributed by atoms with Gasteiger partial charge in [-0.05, 0) is 30.7 Å². The molecule has 2 aromatic heterocycles. The van der Waals surface area contributed by atoms with E-state index in [-0.39, 0.29) is 0 Å². The van der Waals surface area contributed by atoms with Crippen molar-refractivity contribution in [2.24, 2.45) is 0 Å². The molecule has 0 fully saturated rings. The lowest BCUT2D eigenvalue weighted by atomic mass is 10.2. The van der Waals surface area contributed by atoms with E-state index in [1.807, 2.05) is 28.9 Å². The third-order valence-corrected chi connectivity index (χ3v) is 3.27. The molecule has 0 amide bonds. The quantitative estimate of drug-likeness (QED) is 0.632. The zero-order valence-corrected chi connectivity index (χ0v) is 11.5. The van der Waals surface area contributed by atoms with Crippen LogP contribution in [0.1, 0.15) is 32.6 Å². The molecular formula is C14H19N3S. The first-order chi connectivity index (χ1) is 8.83. The van der Waals surface area contributed by atoms with Gasteiger partial charge in [0, 0.05) is 18.1 Å².